The number of rotatable bonds is 2. The second-order valence-corrected chi connectivity index (χ2v) is 8.81. The van der Waals surface area contributed by atoms with Crippen molar-refractivity contribution in [3.05, 3.63) is 47.7 Å². The molecule has 2 aromatic heterocycles. The lowest BCUT2D eigenvalue weighted by Gasteiger charge is -2.37. The van der Waals surface area contributed by atoms with Crippen LogP contribution in [0.15, 0.2) is 41.6 Å². The molecule has 0 aromatic carbocycles. The third-order valence-electron chi connectivity index (χ3n) is 7.00. The molecule has 10 nitrogen and oxygen atoms in total. The molecule has 1 aliphatic carbocycles. The number of piperidine rings is 1. The fourth-order valence-corrected chi connectivity index (χ4v) is 5.13. The van der Waals surface area contributed by atoms with Crippen molar-refractivity contribution in [2.45, 2.75) is 24.5 Å². The number of fused-ring (bicyclic) bond motifs is 3. The monoisotopic (exact) mass is 441 g/mol. The first-order valence-electron chi connectivity index (χ1n) is 11.0. The van der Waals surface area contributed by atoms with Gasteiger partial charge in [0.05, 0.1) is 24.3 Å². The highest BCUT2D eigenvalue weighted by atomic mass is 16.2. The average Bonchev–Trinajstić information content (AvgIpc) is 3.39. The van der Waals surface area contributed by atoms with E-state index >= 15 is 0 Å². The molecule has 2 aromatic rings. The number of hydrogen-bond donors (Lipinski definition) is 2. The van der Waals surface area contributed by atoms with Crippen LogP contribution in [0, 0.1) is 17.2 Å². The third-order valence-corrected chi connectivity index (χ3v) is 7.00. The number of dihydropyridines is 1. The van der Waals surface area contributed by atoms with Crippen LogP contribution in [0.4, 0.5) is 16.4 Å². The molecule has 0 spiro atoms. The lowest BCUT2D eigenvalue weighted by atomic mass is 9.90. The van der Waals surface area contributed by atoms with E-state index in [9.17, 15) is 10.1 Å². The van der Waals surface area contributed by atoms with Crippen molar-refractivity contribution in [2.24, 2.45) is 10.9 Å². The lowest BCUT2D eigenvalue weighted by molar-refractivity contribution is 0.214. The van der Waals surface area contributed by atoms with Gasteiger partial charge < -0.3 is 20.9 Å². The number of nitrogen functional groups attached to an aromatic ring is 1. The first-order valence-corrected chi connectivity index (χ1v) is 11.0. The largest absolute Gasteiger partial charge is 0.382 e. The van der Waals surface area contributed by atoms with E-state index in [0.717, 1.165) is 17.6 Å². The highest BCUT2D eigenvalue weighted by Crippen LogP contribution is 2.33. The highest BCUT2D eigenvalue weighted by Gasteiger charge is 2.41. The number of urea groups is 1. The molecule has 2 saturated heterocycles. The van der Waals surface area contributed by atoms with Gasteiger partial charge in [-0.3, -0.25) is 4.99 Å². The molecule has 2 fully saturated rings. The molecular weight excluding hydrogens is 418 g/mol. The number of nitrogens with zero attached hydrogens (tertiary/aromatic N) is 7. The standard InChI is InChI=1S/C23H23N9O/c1-30-19-12-31(7-6-18(19)28-23(30)33)21-15(9-24)20(25)32-22(29-21)16(11-27-32)14-8-13-4-2-3-5-17(13)26-10-14/h2-5,8,10-11,13,17-19H,6-7,12,25H2,1H3,(H,28,33)/t13?,17?,18-,19+/m0/s1. The molecule has 166 valence electrons. The second-order valence-electron chi connectivity index (χ2n) is 8.81. The number of aliphatic imine (C=N–C) groups is 1. The average molecular weight is 441 g/mol. The highest BCUT2D eigenvalue weighted by molar-refractivity contribution is 6.13. The Morgan fingerprint density at radius 1 is 1.30 bits per heavy atom. The van der Waals surface area contributed by atoms with Gasteiger partial charge in [0.15, 0.2) is 11.5 Å². The summed E-state index contributed by atoms with van der Waals surface area (Å²) in [7, 11) is 1.80. The Balaban J connectivity index is 1.42. The third kappa shape index (κ3) is 2.92. The quantitative estimate of drug-likeness (QED) is 0.724. The SMILES string of the molecule is CN1C(=O)N[C@H]2CCN(c3nc4c(C5=CC6C=CC=CC6N=C5)cnn4c(N)c3C#N)C[C@H]21. The number of likely N-dealkylation sites (N-methyl/N-ethyl adjacent to an activating group) is 1. The zero-order valence-corrected chi connectivity index (χ0v) is 18.1. The van der Waals surface area contributed by atoms with E-state index in [1.165, 1.54) is 4.52 Å². The minimum absolute atomic E-state index is 0.0117. The van der Waals surface area contributed by atoms with Gasteiger partial charge >= 0.3 is 6.03 Å². The normalized spacial score (nSPS) is 27.9. The van der Waals surface area contributed by atoms with Crippen LogP contribution < -0.4 is 16.0 Å². The van der Waals surface area contributed by atoms with Gasteiger partial charge in [-0.25, -0.2) is 9.78 Å². The number of nitrogens with two attached hydrogens (primary N) is 1. The maximum absolute atomic E-state index is 12.1. The summed E-state index contributed by atoms with van der Waals surface area (Å²) in [5, 5.41) is 17.3. The van der Waals surface area contributed by atoms with Crippen molar-refractivity contribution in [3.8, 4) is 6.07 Å². The molecule has 0 radical (unpaired) electrons. The van der Waals surface area contributed by atoms with E-state index in [0.29, 0.717) is 30.1 Å². The molecule has 2 amide bonds. The Labute approximate surface area is 190 Å². The summed E-state index contributed by atoms with van der Waals surface area (Å²) in [6.07, 6.45) is 14.8. The Morgan fingerprint density at radius 3 is 3.00 bits per heavy atom. The molecule has 5 heterocycles. The van der Waals surface area contributed by atoms with Crippen LogP contribution in [0.3, 0.4) is 0 Å². The van der Waals surface area contributed by atoms with Gasteiger partial charge in [-0.15, -0.1) is 0 Å². The molecule has 33 heavy (non-hydrogen) atoms. The van der Waals surface area contributed by atoms with E-state index in [-0.39, 0.29) is 35.9 Å². The van der Waals surface area contributed by atoms with Crippen molar-refractivity contribution in [1.29, 1.82) is 5.26 Å². The lowest BCUT2D eigenvalue weighted by Crippen LogP contribution is -2.51. The van der Waals surface area contributed by atoms with E-state index in [4.69, 9.17) is 10.7 Å². The zero-order chi connectivity index (χ0) is 22.7. The minimum atomic E-state index is -0.0678. The Hall–Kier alpha value is -4.13. The van der Waals surface area contributed by atoms with Crippen molar-refractivity contribution >= 4 is 35.1 Å². The number of nitriles is 1. The van der Waals surface area contributed by atoms with Crippen molar-refractivity contribution in [2.75, 3.05) is 30.8 Å². The summed E-state index contributed by atoms with van der Waals surface area (Å²) in [6.45, 7) is 1.24. The van der Waals surface area contributed by atoms with Crippen LogP contribution in [-0.2, 0) is 0 Å². The topological polar surface area (TPSA) is 128 Å². The predicted octanol–water partition coefficient (Wildman–Crippen LogP) is 1.36. The molecule has 3 N–H and O–H groups in total. The summed E-state index contributed by atoms with van der Waals surface area (Å²) < 4.78 is 1.52. The fraction of sp³-hybridized carbons (Fsp3) is 0.348. The Bertz CT molecular complexity index is 1330. The summed E-state index contributed by atoms with van der Waals surface area (Å²) in [6, 6.07) is 2.37. The fourth-order valence-electron chi connectivity index (χ4n) is 5.13. The number of anilines is 2. The second kappa shape index (κ2) is 7.20. The van der Waals surface area contributed by atoms with Crippen molar-refractivity contribution in [3.63, 3.8) is 0 Å². The first-order chi connectivity index (χ1) is 16.0. The number of aromatic nitrogens is 3. The molecule has 10 heteroatoms. The summed E-state index contributed by atoms with van der Waals surface area (Å²) in [5.41, 5.74) is 9.03. The van der Waals surface area contributed by atoms with Gasteiger partial charge in [-0.05, 0) is 6.42 Å². The van der Waals surface area contributed by atoms with E-state index in [1.54, 1.807) is 18.1 Å². The molecule has 4 aliphatic rings. The van der Waals surface area contributed by atoms with Crippen LogP contribution in [0.25, 0.3) is 11.2 Å². The Morgan fingerprint density at radius 2 is 2.15 bits per heavy atom. The molecule has 6 rings (SSSR count). The molecule has 4 atom stereocenters. The summed E-state index contributed by atoms with van der Waals surface area (Å²) in [5.74, 6) is 0.968. The van der Waals surface area contributed by atoms with Gasteiger partial charge in [0.25, 0.3) is 0 Å². The van der Waals surface area contributed by atoms with Gasteiger partial charge in [0, 0.05) is 43.4 Å². The van der Waals surface area contributed by atoms with Crippen LogP contribution in [0.2, 0.25) is 0 Å². The maximum atomic E-state index is 12.1. The van der Waals surface area contributed by atoms with Crippen molar-refractivity contribution in [1.82, 2.24) is 24.8 Å². The molecular formula is C23H23N9O. The van der Waals surface area contributed by atoms with E-state index in [1.807, 2.05) is 18.4 Å². The Kier molecular flexibility index (Phi) is 4.26. The molecule has 0 bridgehead atoms. The van der Waals surface area contributed by atoms with Crippen LogP contribution in [0.5, 0.6) is 0 Å². The van der Waals surface area contributed by atoms with Crippen LogP contribution in [0.1, 0.15) is 17.5 Å². The van der Waals surface area contributed by atoms with E-state index < -0.39 is 0 Å². The number of hydrogen-bond acceptors (Lipinski definition) is 7. The predicted molar refractivity (Wildman–Crippen MR) is 125 cm³/mol. The van der Waals surface area contributed by atoms with Gasteiger partial charge in [0.2, 0.25) is 0 Å². The van der Waals surface area contributed by atoms with Crippen LogP contribution in [-0.4, -0.2) is 70.0 Å². The summed E-state index contributed by atoms with van der Waals surface area (Å²) in [4.78, 5) is 25.4. The number of amides is 2. The van der Waals surface area contributed by atoms with Gasteiger partial charge in [-0.1, -0.05) is 30.4 Å². The summed E-state index contributed by atoms with van der Waals surface area (Å²) >= 11 is 0. The first kappa shape index (κ1) is 19.5. The van der Waals surface area contributed by atoms with E-state index in [2.05, 4.69) is 44.6 Å². The smallest absolute Gasteiger partial charge is 0.317 e. The zero-order valence-electron chi connectivity index (χ0n) is 18.1. The van der Waals surface area contributed by atoms with Crippen LogP contribution >= 0.6 is 0 Å². The van der Waals surface area contributed by atoms with Gasteiger partial charge in [0.1, 0.15) is 17.5 Å². The molecule has 3 aliphatic heterocycles. The maximum Gasteiger partial charge on any atom is 0.317 e. The van der Waals surface area contributed by atoms with Crippen molar-refractivity contribution < 1.29 is 4.79 Å². The number of nitrogens with one attached hydrogen (secondary N) is 1. The minimum Gasteiger partial charge on any atom is -0.382 e. The number of allylic oxidation sites excluding steroid dienone is 3. The number of carbonyl (C=O) groups excluding carboxylic acids is 1. The molecule has 2 unspecified atom stereocenters. The van der Waals surface area contributed by atoms with Gasteiger partial charge in [-0.2, -0.15) is 14.9 Å². The molecule has 0 saturated carbocycles. The number of carbonyl (C=O) groups is 1.